The Kier molecular flexibility index (Phi) is 4.12. The van der Waals surface area contributed by atoms with Crippen molar-refractivity contribution >= 4 is 29.4 Å². The molecule has 0 saturated carbocycles. The standard InChI is InChI=1S/C20H19FN2OS2/c1-4-24-15-7-5-6-14-16-18(20(2,3)22-17(14)15)26-23(19(16)25)13-10-8-12(21)9-11-13/h5-11,22H,4H2,1-3H3. The lowest BCUT2D eigenvalue weighted by atomic mass is 9.89. The van der Waals surface area contributed by atoms with Crippen LogP contribution in [-0.2, 0) is 5.54 Å². The molecule has 3 aromatic rings. The minimum absolute atomic E-state index is 0.254. The van der Waals surface area contributed by atoms with Gasteiger partial charge in [-0.15, -0.1) is 0 Å². The van der Waals surface area contributed by atoms with Gasteiger partial charge in [0.15, 0.2) is 0 Å². The molecule has 1 aliphatic rings. The van der Waals surface area contributed by atoms with E-state index in [1.54, 1.807) is 23.7 Å². The SMILES string of the molecule is CCOc1cccc2c1NC(C)(C)c1sn(-c3ccc(F)cc3)c(=S)c1-2. The van der Waals surface area contributed by atoms with Crippen molar-refractivity contribution in [2.24, 2.45) is 0 Å². The summed E-state index contributed by atoms with van der Waals surface area (Å²) in [6.07, 6.45) is 0. The number of nitrogens with zero attached hydrogens (tertiary/aromatic N) is 1. The average Bonchev–Trinajstić information content (AvgIpc) is 2.96. The molecule has 4 rings (SSSR count). The number of ether oxygens (including phenoxy) is 1. The summed E-state index contributed by atoms with van der Waals surface area (Å²) in [6, 6.07) is 12.5. The van der Waals surface area contributed by atoms with Gasteiger partial charge in [0.2, 0.25) is 0 Å². The van der Waals surface area contributed by atoms with Crippen molar-refractivity contribution in [3.05, 3.63) is 57.8 Å². The Bertz CT molecular complexity index is 1030. The van der Waals surface area contributed by atoms with Crippen LogP contribution in [0.3, 0.4) is 0 Å². The molecular formula is C20H19FN2OS2. The van der Waals surface area contributed by atoms with Crippen LogP contribution in [-0.4, -0.2) is 10.6 Å². The molecule has 26 heavy (non-hydrogen) atoms. The maximum atomic E-state index is 13.3. The van der Waals surface area contributed by atoms with Crippen molar-refractivity contribution in [2.45, 2.75) is 26.3 Å². The number of para-hydroxylation sites is 1. The highest BCUT2D eigenvalue weighted by atomic mass is 32.1. The van der Waals surface area contributed by atoms with Crippen LogP contribution in [0.25, 0.3) is 16.8 Å². The third-order valence-electron chi connectivity index (χ3n) is 4.47. The fourth-order valence-electron chi connectivity index (χ4n) is 3.30. The summed E-state index contributed by atoms with van der Waals surface area (Å²) in [6.45, 7) is 6.85. The van der Waals surface area contributed by atoms with Gasteiger partial charge in [0.1, 0.15) is 16.2 Å². The van der Waals surface area contributed by atoms with Crippen molar-refractivity contribution in [3.8, 4) is 22.6 Å². The summed E-state index contributed by atoms with van der Waals surface area (Å²) in [7, 11) is 0. The minimum Gasteiger partial charge on any atom is -0.492 e. The number of halogens is 1. The summed E-state index contributed by atoms with van der Waals surface area (Å²) in [5.41, 5.74) is 3.65. The number of hydrogen-bond acceptors (Lipinski definition) is 4. The largest absolute Gasteiger partial charge is 0.492 e. The van der Waals surface area contributed by atoms with Crippen LogP contribution < -0.4 is 10.1 Å². The third-order valence-corrected chi connectivity index (χ3v) is 6.44. The number of hydrogen-bond donors (Lipinski definition) is 1. The normalized spacial score (nSPS) is 14.3. The number of anilines is 1. The summed E-state index contributed by atoms with van der Waals surface area (Å²) >= 11 is 7.42. The van der Waals surface area contributed by atoms with Crippen molar-refractivity contribution in [3.63, 3.8) is 0 Å². The maximum absolute atomic E-state index is 13.3. The number of rotatable bonds is 3. The average molecular weight is 387 g/mol. The molecule has 2 aromatic carbocycles. The first-order valence-electron chi connectivity index (χ1n) is 8.49. The molecule has 0 saturated heterocycles. The molecule has 0 fully saturated rings. The summed E-state index contributed by atoms with van der Waals surface area (Å²) in [5.74, 6) is 0.577. The van der Waals surface area contributed by atoms with Gasteiger partial charge in [0.05, 0.1) is 28.4 Å². The van der Waals surface area contributed by atoms with Gasteiger partial charge in [-0.2, -0.15) is 0 Å². The topological polar surface area (TPSA) is 26.2 Å². The second-order valence-corrected chi connectivity index (χ2v) is 8.08. The highest BCUT2D eigenvalue weighted by Crippen LogP contribution is 2.50. The molecule has 0 radical (unpaired) electrons. The molecule has 3 nitrogen and oxygen atoms in total. The van der Waals surface area contributed by atoms with Crippen molar-refractivity contribution in [1.29, 1.82) is 0 Å². The van der Waals surface area contributed by atoms with Gasteiger partial charge in [0, 0.05) is 11.1 Å². The summed E-state index contributed by atoms with van der Waals surface area (Å²) < 4.78 is 21.9. The van der Waals surface area contributed by atoms with E-state index in [1.807, 2.05) is 23.0 Å². The Labute approximate surface area is 161 Å². The Morgan fingerprint density at radius 3 is 2.62 bits per heavy atom. The molecule has 0 atom stereocenters. The summed E-state index contributed by atoms with van der Waals surface area (Å²) in [4.78, 5) is 1.16. The van der Waals surface area contributed by atoms with Crippen LogP contribution >= 0.6 is 23.8 Å². The van der Waals surface area contributed by atoms with Gasteiger partial charge in [0.25, 0.3) is 0 Å². The first-order valence-corrected chi connectivity index (χ1v) is 9.67. The van der Waals surface area contributed by atoms with Crippen molar-refractivity contribution < 1.29 is 9.13 Å². The molecule has 0 bridgehead atoms. The molecule has 1 aromatic heterocycles. The van der Waals surface area contributed by atoms with E-state index >= 15 is 0 Å². The molecule has 6 heteroatoms. The van der Waals surface area contributed by atoms with Crippen LogP contribution in [0.1, 0.15) is 25.6 Å². The van der Waals surface area contributed by atoms with Gasteiger partial charge in [-0.1, -0.05) is 35.9 Å². The van der Waals surface area contributed by atoms with Crippen LogP contribution in [0.5, 0.6) is 5.75 Å². The van der Waals surface area contributed by atoms with Gasteiger partial charge >= 0.3 is 0 Å². The van der Waals surface area contributed by atoms with Crippen LogP contribution in [0.15, 0.2) is 42.5 Å². The molecule has 0 unspecified atom stereocenters. The van der Waals surface area contributed by atoms with E-state index in [4.69, 9.17) is 17.0 Å². The zero-order chi connectivity index (χ0) is 18.5. The van der Waals surface area contributed by atoms with Crippen LogP contribution in [0, 0.1) is 10.5 Å². The van der Waals surface area contributed by atoms with E-state index in [0.29, 0.717) is 6.61 Å². The van der Waals surface area contributed by atoms with Gasteiger partial charge in [-0.25, -0.2) is 4.39 Å². The van der Waals surface area contributed by atoms with Crippen molar-refractivity contribution in [1.82, 2.24) is 3.96 Å². The van der Waals surface area contributed by atoms with E-state index in [-0.39, 0.29) is 11.4 Å². The lowest BCUT2D eigenvalue weighted by Gasteiger charge is -2.34. The lowest BCUT2D eigenvalue weighted by molar-refractivity contribution is 0.341. The lowest BCUT2D eigenvalue weighted by Crippen LogP contribution is -2.30. The fraction of sp³-hybridized carbons (Fsp3) is 0.250. The number of nitrogens with one attached hydrogen (secondary N) is 1. The predicted molar refractivity (Wildman–Crippen MR) is 108 cm³/mol. The smallest absolute Gasteiger partial charge is 0.143 e. The van der Waals surface area contributed by atoms with Crippen LogP contribution in [0.2, 0.25) is 0 Å². The van der Waals surface area contributed by atoms with Gasteiger partial charge in [-0.3, -0.25) is 3.96 Å². The summed E-state index contributed by atoms with van der Waals surface area (Å²) in [5, 5.41) is 3.61. The maximum Gasteiger partial charge on any atom is 0.143 e. The Balaban J connectivity index is 1.97. The second-order valence-electron chi connectivity index (χ2n) is 6.73. The molecule has 0 amide bonds. The Morgan fingerprint density at radius 1 is 1.19 bits per heavy atom. The second kappa shape index (κ2) is 6.21. The molecule has 134 valence electrons. The first kappa shape index (κ1) is 17.2. The quantitative estimate of drug-likeness (QED) is 0.548. The number of fused-ring (bicyclic) bond motifs is 3. The zero-order valence-corrected chi connectivity index (χ0v) is 16.4. The Hall–Kier alpha value is -2.18. The fourth-order valence-corrected chi connectivity index (χ4v) is 4.96. The molecule has 1 aliphatic heterocycles. The van der Waals surface area contributed by atoms with Crippen LogP contribution in [0.4, 0.5) is 10.1 Å². The highest BCUT2D eigenvalue weighted by Gasteiger charge is 2.36. The van der Waals surface area contributed by atoms with E-state index in [9.17, 15) is 4.39 Å². The predicted octanol–water partition coefficient (Wildman–Crippen LogP) is 6.13. The number of benzene rings is 2. The molecule has 2 heterocycles. The van der Waals surface area contributed by atoms with E-state index in [2.05, 4.69) is 25.2 Å². The van der Waals surface area contributed by atoms with E-state index in [1.165, 1.54) is 12.1 Å². The number of aromatic nitrogens is 1. The zero-order valence-electron chi connectivity index (χ0n) is 14.8. The molecule has 1 N–H and O–H groups in total. The molecular weight excluding hydrogens is 367 g/mol. The minimum atomic E-state index is -0.293. The highest BCUT2D eigenvalue weighted by molar-refractivity contribution is 7.71. The van der Waals surface area contributed by atoms with E-state index < -0.39 is 0 Å². The van der Waals surface area contributed by atoms with Gasteiger partial charge in [-0.05, 0) is 51.1 Å². The first-order chi connectivity index (χ1) is 12.4. The monoisotopic (exact) mass is 386 g/mol. The molecule has 0 aliphatic carbocycles. The van der Waals surface area contributed by atoms with Crippen molar-refractivity contribution in [2.75, 3.05) is 11.9 Å². The third kappa shape index (κ3) is 2.64. The molecule has 0 spiro atoms. The van der Waals surface area contributed by atoms with Gasteiger partial charge < -0.3 is 10.1 Å². The Morgan fingerprint density at radius 2 is 1.92 bits per heavy atom. The van der Waals surface area contributed by atoms with E-state index in [0.717, 1.165) is 37.8 Å².